The van der Waals surface area contributed by atoms with Crippen LogP contribution < -0.4 is 4.74 Å². The summed E-state index contributed by atoms with van der Waals surface area (Å²) in [5.41, 5.74) is 5.38. The predicted molar refractivity (Wildman–Crippen MR) is 134 cm³/mol. The first-order valence-electron chi connectivity index (χ1n) is 11.1. The average Bonchev–Trinajstić information content (AvgIpc) is 2.91. The molecule has 172 valence electrons. The minimum absolute atomic E-state index is 0.0295. The minimum Gasteiger partial charge on any atom is -0.488 e. The molecule has 0 saturated heterocycles. The second kappa shape index (κ2) is 10.2. The molecule has 0 fully saturated rings. The molecular formula is C27H28ClNO3S. The summed E-state index contributed by atoms with van der Waals surface area (Å²) in [6, 6.07) is 20.1. The van der Waals surface area contributed by atoms with Crippen molar-refractivity contribution >= 4 is 29.5 Å². The molecule has 1 aliphatic rings. The third kappa shape index (κ3) is 5.72. The number of benzene rings is 3. The van der Waals surface area contributed by atoms with Crippen molar-refractivity contribution in [3.8, 4) is 5.75 Å². The number of ether oxygens (including phenoxy) is 1. The fraction of sp³-hybridized carbons (Fsp3) is 0.296. The molecule has 0 spiro atoms. The van der Waals surface area contributed by atoms with Crippen molar-refractivity contribution in [1.29, 1.82) is 0 Å². The van der Waals surface area contributed by atoms with E-state index >= 15 is 0 Å². The highest BCUT2D eigenvalue weighted by molar-refractivity contribution is 7.97. The van der Waals surface area contributed by atoms with E-state index in [4.69, 9.17) is 16.3 Å². The van der Waals surface area contributed by atoms with Crippen LogP contribution in [0.25, 0.3) is 0 Å². The van der Waals surface area contributed by atoms with Gasteiger partial charge in [-0.1, -0.05) is 48.0 Å². The maximum atomic E-state index is 11.7. The van der Waals surface area contributed by atoms with Crippen LogP contribution in [0.5, 0.6) is 5.75 Å². The van der Waals surface area contributed by atoms with Gasteiger partial charge in [0.05, 0.1) is 11.3 Å². The van der Waals surface area contributed by atoms with E-state index in [0.717, 1.165) is 40.4 Å². The van der Waals surface area contributed by atoms with Crippen LogP contribution in [-0.4, -0.2) is 28.0 Å². The number of carboxylic acid groups (broad SMARTS) is 1. The zero-order valence-corrected chi connectivity index (χ0v) is 20.6. The molecular weight excluding hydrogens is 454 g/mol. The van der Waals surface area contributed by atoms with Gasteiger partial charge >= 0.3 is 5.97 Å². The van der Waals surface area contributed by atoms with Crippen molar-refractivity contribution in [3.63, 3.8) is 0 Å². The van der Waals surface area contributed by atoms with Gasteiger partial charge in [-0.2, -0.15) is 0 Å². The first-order valence-corrected chi connectivity index (χ1v) is 12.2. The standard InChI is InChI=1S/C27H28ClNO3S/c1-17-8-9-20(24(14-27(30)31)23-11-10-22(28)12-18(23)2)13-21(17)16-29-15-19(3)32-25-6-4-5-7-26(25)33-29/h4-13,19,24H,14-16H2,1-3H3,(H,30,31). The molecule has 4 rings (SSSR count). The maximum absolute atomic E-state index is 11.7. The molecule has 2 unspecified atom stereocenters. The van der Waals surface area contributed by atoms with E-state index in [1.165, 1.54) is 11.1 Å². The van der Waals surface area contributed by atoms with Gasteiger partial charge < -0.3 is 9.84 Å². The summed E-state index contributed by atoms with van der Waals surface area (Å²) in [7, 11) is 0. The minimum atomic E-state index is -0.817. The molecule has 0 bridgehead atoms. The van der Waals surface area contributed by atoms with Crippen molar-refractivity contribution in [2.45, 2.75) is 50.7 Å². The summed E-state index contributed by atoms with van der Waals surface area (Å²) in [5.74, 6) is -0.135. The van der Waals surface area contributed by atoms with E-state index in [2.05, 4.69) is 42.4 Å². The number of para-hydroxylation sites is 1. The fourth-order valence-electron chi connectivity index (χ4n) is 4.32. The Morgan fingerprint density at radius 3 is 2.70 bits per heavy atom. The molecule has 1 heterocycles. The first-order chi connectivity index (χ1) is 15.8. The highest BCUT2D eigenvalue weighted by Crippen LogP contribution is 2.37. The van der Waals surface area contributed by atoms with Gasteiger partial charge in [-0.25, -0.2) is 4.31 Å². The number of aryl methyl sites for hydroxylation is 2. The zero-order chi connectivity index (χ0) is 23.5. The lowest BCUT2D eigenvalue weighted by Gasteiger charge is -2.24. The largest absolute Gasteiger partial charge is 0.488 e. The number of carbonyl (C=O) groups is 1. The van der Waals surface area contributed by atoms with Crippen molar-refractivity contribution in [2.75, 3.05) is 6.54 Å². The summed E-state index contributed by atoms with van der Waals surface area (Å²) in [6.07, 6.45) is 0.0999. The van der Waals surface area contributed by atoms with E-state index in [1.807, 2.05) is 43.3 Å². The van der Waals surface area contributed by atoms with Crippen molar-refractivity contribution < 1.29 is 14.6 Å². The molecule has 3 aromatic rings. The topological polar surface area (TPSA) is 49.8 Å². The van der Waals surface area contributed by atoms with E-state index in [0.29, 0.717) is 5.02 Å². The second-order valence-electron chi connectivity index (χ2n) is 8.63. The Bertz CT molecular complexity index is 1170. The van der Waals surface area contributed by atoms with Gasteiger partial charge in [0.15, 0.2) is 0 Å². The van der Waals surface area contributed by atoms with Crippen molar-refractivity contribution in [2.24, 2.45) is 0 Å². The highest BCUT2D eigenvalue weighted by atomic mass is 35.5. The monoisotopic (exact) mass is 481 g/mol. The number of aliphatic carboxylic acids is 1. The fourth-order valence-corrected chi connectivity index (χ4v) is 5.66. The van der Waals surface area contributed by atoms with Gasteiger partial charge in [0.1, 0.15) is 11.9 Å². The lowest BCUT2D eigenvalue weighted by Crippen LogP contribution is -2.27. The van der Waals surface area contributed by atoms with Gasteiger partial charge in [-0.05, 0) is 84.8 Å². The van der Waals surface area contributed by atoms with Crippen LogP contribution >= 0.6 is 23.5 Å². The Balaban J connectivity index is 1.65. The van der Waals surface area contributed by atoms with Gasteiger partial charge in [-0.15, -0.1) is 0 Å². The number of fused-ring (bicyclic) bond motifs is 1. The molecule has 4 nitrogen and oxygen atoms in total. The molecule has 0 radical (unpaired) electrons. The van der Waals surface area contributed by atoms with Crippen LogP contribution in [0, 0.1) is 13.8 Å². The number of hydrogen-bond acceptors (Lipinski definition) is 4. The number of hydrogen-bond donors (Lipinski definition) is 1. The Kier molecular flexibility index (Phi) is 7.32. The molecule has 0 aliphatic carbocycles. The second-order valence-corrected chi connectivity index (χ2v) is 10.2. The molecule has 0 saturated carbocycles. The Labute approximate surface area is 204 Å². The quantitative estimate of drug-likeness (QED) is 0.390. The third-order valence-corrected chi connectivity index (χ3v) is 7.28. The summed E-state index contributed by atoms with van der Waals surface area (Å²) in [5, 5.41) is 10.3. The molecule has 3 aromatic carbocycles. The first kappa shape index (κ1) is 23.7. The van der Waals surface area contributed by atoms with Crippen LogP contribution in [0.1, 0.15) is 47.1 Å². The summed E-state index contributed by atoms with van der Waals surface area (Å²) in [4.78, 5) is 12.9. The number of rotatable bonds is 6. The van der Waals surface area contributed by atoms with E-state index in [1.54, 1.807) is 11.9 Å². The Hall–Kier alpha value is -2.47. The number of nitrogens with zero attached hydrogens (tertiary/aromatic N) is 1. The Morgan fingerprint density at radius 1 is 1.15 bits per heavy atom. The van der Waals surface area contributed by atoms with Crippen LogP contribution in [0.15, 0.2) is 65.6 Å². The Morgan fingerprint density at radius 2 is 1.94 bits per heavy atom. The maximum Gasteiger partial charge on any atom is 0.304 e. The normalized spacial score (nSPS) is 17.0. The van der Waals surface area contributed by atoms with Gasteiger partial charge in [-0.3, -0.25) is 4.79 Å². The lowest BCUT2D eigenvalue weighted by atomic mass is 9.85. The van der Waals surface area contributed by atoms with Crippen molar-refractivity contribution in [1.82, 2.24) is 4.31 Å². The highest BCUT2D eigenvalue weighted by Gasteiger charge is 2.24. The van der Waals surface area contributed by atoms with Crippen LogP contribution in [0.4, 0.5) is 0 Å². The summed E-state index contributed by atoms with van der Waals surface area (Å²) < 4.78 is 8.42. The zero-order valence-electron chi connectivity index (χ0n) is 19.0. The molecule has 1 N–H and O–H groups in total. The summed E-state index contributed by atoms with van der Waals surface area (Å²) >= 11 is 7.86. The smallest absolute Gasteiger partial charge is 0.304 e. The van der Waals surface area contributed by atoms with Crippen LogP contribution in [0.3, 0.4) is 0 Å². The van der Waals surface area contributed by atoms with Crippen LogP contribution in [0.2, 0.25) is 5.02 Å². The predicted octanol–water partition coefficient (Wildman–Crippen LogP) is 6.85. The molecule has 1 aliphatic heterocycles. The molecule has 0 aromatic heterocycles. The molecule has 0 amide bonds. The lowest BCUT2D eigenvalue weighted by molar-refractivity contribution is -0.137. The number of halogens is 1. The molecule has 6 heteroatoms. The van der Waals surface area contributed by atoms with Gasteiger partial charge in [0.2, 0.25) is 0 Å². The van der Waals surface area contributed by atoms with Gasteiger partial charge in [0, 0.05) is 24.0 Å². The SMILES string of the molecule is Cc1ccc(C(CC(=O)O)c2ccc(Cl)cc2C)cc1CN1CC(C)Oc2ccccc2S1. The van der Waals surface area contributed by atoms with E-state index < -0.39 is 5.97 Å². The van der Waals surface area contributed by atoms with E-state index in [9.17, 15) is 9.90 Å². The molecule has 2 atom stereocenters. The van der Waals surface area contributed by atoms with Crippen molar-refractivity contribution in [3.05, 3.63) is 93.5 Å². The molecule has 33 heavy (non-hydrogen) atoms. The van der Waals surface area contributed by atoms with Gasteiger partial charge in [0.25, 0.3) is 0 Å². The third-order valence-electron chi connectivity index (χ3n) is 5.97. The van der Waals surface area contributed by atoms with E-state index in [-0.39, 0.29) is 18.4 Å². The summed E-state index contributed by atoms with van der Waals surface area (Å²) in [6.45, 7) is 7.71. The van der Waals surface area contributed by atoms with Crippen LogP contribution in [-0.2, 0) is 11.3 Å². The average molecular weight is 482 g/mol. The number of carboxylic acids is 1.